The Morgan fingerprint density at radius 2 is 1.67 bits per heavy atom. The molecule has 0 aliphatic rings. The second kappa shape index (κ2) is 3.56. The normalized spacial score (nSPS) is 15.8. The average Bonchev–Trinajstić information content (AvgIpc) is 1.85. The number of aliphatic hydroxyl groups excluding tert-OH is 1. The molecular formula is C10H20O2. The Morgan fingerprint density at radius 3 is 1.92 bits per heavy atom. The summed E-state index contributed by atoms with van der Waals surface area (Å²) in [5, 5.41) is 9.69. The van der Waals surface area contributed by atoms with Crippen LogP contribution in [0.3, 0.4) is 0 Å². The topological polar surface area (TPSA) is 37.3 Å². The van der Waals surface area contributed by atoms with Gasteiger partial charge in [0.05, 0.1) is 6.10 Å². The highest BCUT2D eigenvalue weighted by Gasteiger charge is 2.29. The van der Waals surface area contributed by atoms with Gasteiger partial charge in [-0.3, -0.25) is 0 Å². The molecule has 0 aromatic carbocycles. The molecule has 0 amide bonds. The summed E-state index contributed by atoms with van der Waals surface area (Å²) in [6, 6.07) is 0. The van der Waals surface area contributed by atoms with Crippen LogP contribution in [0.5, 0.6) is 0 Å². The van der Waals surface area contributed by atoms with Gasteiger partial charge in [0.1, 0.15) is 6.29 Å². The summed E-state index contributed by atoms with van der Waals surface area (Å²) in [5.41, 5.74) is -0.549. The van der Waals surface area contributed by atoms with Crippen LogP contribution in [0.15, 0.2) is 0 Å². The van der Waals surface area contributed by atoms with E-state index in [2.05, 4.69) is 0 Å². The number of aliphatic hydroxyl groups is 1. The lowest BCUT2D eigenvalue weighted by Crippen LogP contribution is -2.32. The van der Waals surface area contributed by atoms with Crippen molar-refractivity contribution in [2.45, 2.75) is 47.1 Å². The first-order chi connectivity index (χ1) is 5.19. The first kappa shape index (κ1) is 11.6. The lowest BCUT2D eigenvalue weighted by atomic mass is 9.78. The van der Waals surface area contributed by atoms with Gasteiger partial charge in [-0.2, -0.15) is 0 Å². The van der Waals surface area contributed by atoms with Gasteiger partial charge in [0.15, 0.2) is 0 Å². The zero-order valence-electron chi connectivity index (χ0n) is 8.72. The molecule has 0 aromatic heterocycles. The van der Waals surface area contributed by atoms with Crippen LogP contribution >= 0.6 is 0 Å². The minimum atomic E-state index is -0.419. The van der Waals surface area contributed by atoms with E-state index in [-0.39, 0.29) is 5.41 Å². The quantitative estimate of drug-likeness (QED) is 0.661. The predicted molar refractivity (Wildman–Crippen MR) is 49.9 cm³/mol. The molecule has 0 rings (SSSR count). The van der Waals surface area contributed by atoms with E-state index >= 15 is 0 Å². The average molecular weight is 172 g/mol. The molecule has 1 N–H and O–H groups in total. The molecule has 0 bridgehead atoms. The van der Waals surface area contributed by atoms with Crippen molar-refractivity contribution >= 4 is 6.29 Å². The summed E-state index contributed by atoms with van der Waals surface area (Å²) in [5.74, 6) is 0. The van der Waals surface area contributed by atoms with Crippen molar-refractivity contribution in [3.63, 3.8) is 0 Å². The third-order valence-electron chi connectivity index (χ3n) is 2.04. The molecular weight excluding hydrogens is 152 g/mol. The Morgan fingerprint density at radius 1 is 1.25 bits per heavy atom. The third kappa shape index (κ3) is 3.86. The van der Waals surface area contributed by atoms with Crippen LogP contribution < -0.4 is 0 Å². The zero-order valence-corrected chi connectivity index (χ0v) is 8.72. The van der Waals surface area contributed by atoms with Crippen LogP contribution in [0.4, 0.5) is 0 Å². The number of aldehydes is 1. The maximum Gasteiger partial charge on any atom is 0.125 e. The van der Waals surface area contributed by atoms with Crippen LogP contribution in [0.2, 0.25) is 0 Å². The first-order valence-electron chi connectivity index (χ1n) is 4.33. The SMILES string of the molecule is CC(C)(C=O)CC(O)C(C)(C)C. The lowest BCUT2D eigenvalue weighted by molar-refractivity contribution is -0.117. The van der Waals surface area contributed by atoms with Crippen molar-refractivity contribution in [2.75, 3.05) is 0 Å². The molecule has 72 valence electrons. The first-order valence-corrected chi connectivity index (χ1v) is 4.33. The molecule has 0 spiro atoms. The van der Waals surface area contributed by atoms with E-state index in [1.165, 1.54) is 0 Å². The summed E-state index contributed by atoms with van der Waals surface area (Å²) in [4.78, 5) is 10.6. The van der Waals surface area contributed by atoms with Crippen molar-refractivity contribution < 1.29 is 9.90 Å². The van der Waals surface area contributed by atoms with E-state index in [1.807, 2.05) is 34.6 Å². The molecule has 1 unspecified atom stereocenters. The summed E-state index contributed by atoms with van der Waals surface area (Å²) in [6.07, 6.45) is 1.01. The standard InChI is InChI=1S/C10H20O2/c1-9(2,3)8(12)6-10(4,5)7-11/h7-8,12H,6H2,1-5H3. The highest BCUT2D eigenvalue weighted by Crippen LogP contribution is 2.29. The molecule has 0 saturated carbocycles. The lowest BCUT2D eigenvalue weighted by Gasteiger charge is -2.30. The monoisotopic (exact) mass is 172 g/mol. The number of hydrogen-bond donors (Lipinski definition) is 1. The minimum absolute atomic E-state index is 0.139. The molecule has 0 aromatic rings. The number of carbonyl (C=O) groups is 1. The summed E-state index contributed by atoms with van der Waals surface area (Å²) >= 11 is 0. The van der Waals surface area contributed by atoms with Gasteiger partial charge in [0.25, 0.3) is 0 Å². The summed E-state index contributed by atoms with van der Waals surface area (Å²) < 4.78 is 0. The van der Waals surface area contributed by atoms with Crippen LogP contribution in [0.1, 0.15) is 41.0 Å². The molecule has 1 atom stereocenters. The van der Waals surface area contributed by atoms with Gasteiger partial charge in [-0.1, -0.05) is 34.6 Å². The van der Waals surface area contributed by atoms with E-state index in [0.29, 0.717) is 6.42 Å². The smallest absolute Gasteiger partial charge is 0.125 e. The van der Waals surface area contributed by atoms with Crippen molar-refractivity contribution in [3.8, 4) is 0 Å². The Kier molecular flexibility index (Phi) is 3.45. The number of carbonyl (C=O) groups excluding carboxylic acids is 1. The zero-order chi connectivity index (χ0) is 9.99. The molecule has 0 aliphatic heterocycles. The maximum absolute atomic E-state index is 10.6. The Bertz CT molecular complexity index is 154. The second-order valence-corrected chi connectivity index (χ2v) is 5.19. The third-order valence-corrected chi connectivity index (χ3v) is 2.04. The fraction of sp³-hybridized carbons (Fsp3) is 0.900. The number of hydrogen-bond acceptors (Lipinski definition) is 2. The van der Waals surface area contributed by atoms with Crippen LogP contribution in [0.25, 0.3) is 0 Å². The molecule has 0 fully saturated rings. The van der Waals surface area contributed by atoms with Gasteiger partial charge in [-0.15, -0.1) is 0 Å². The molecule has 0 radical (unpaired) electrons. The van der Waals surface area contributed by atoms with Gasteiger partial charge in [-0.25, -0.2) is 0 Å². The Hall–Kier alpha value is -0.370. The fourth-order valence-electron chi connectivity index (χ4n) is 0.853. The van der Waals surface area contributed by atoms with Gasteiger partial charge in [-0.05, 0) is 11.8 Å². The maximum atomic E-state index is 10.6. The highest BCUT2D eigenvalue weighted by atomic mass is 16.3. The van der Waals surface area contributed by atoms with Crippen LogP contribution in [-0.4, -0.2) is 17.5 Å². The van der Waals surface area contributed by atoms with Crippen LogP contribution in [0, 0.1) is 10.8 Å². The largest absolute Gasteiger partial charge is 0.393 e. The molecule has 0 heterocycles. The second-order valence-electron chi connectivity index (χ2n) is 5.19. The molecule has 2 heteroatoms. The van der Waals surface area contributed by atoms with Gasteiger partial charge in [0, 0.05) is 5.41 Å². The Balaban J connectivity index is 4.18. The predicted octanol–water partition coefficient (Wildman–Crippen LogP) is 2.01. The van der Waals surface area contributed by atoms with E-state index in [1.54, 1.807) is 0 Å². The van der Waals surface area contributed by atoms with Crippen molar-refractivity contribution in [1.29, 1.82) is 0 Å². The molecule has 0 aliphatic carbocycles. The molecule has 2 nitrogen and oxygen atoms in total. The van der Waals surface area contributed by atoms with E-state index in [0.717, 1.165) is 6.29 Å². The van der Waals surface area contributed by atoms with Gasteiger partial charge in [0.2, 0.25) is 0 Å². The minimum Gasteiger partial charge on any atom is -0.393 e. The van der Waals surface area contributed by atoms with Crippen molar-refractivity contribution in [1.82, 2.24) is 0 Å². The fourth-order valence-corrected chi connectivity index (χ4v) is 0.853. The Labute approximate surface area is 75.0 Å². The summed E-state index contributed by atoms with van der Waals surface area (Å²) in [7, 11) is 0. The van der Waals surface area contributed by atoms with Gasteiger partial charge < -0.3 is 9.90 Å². The van der Waals surface area contributed by atoms with Crippen LogP contribution in [-0.2, 0) is 4.79 Å². The molecule has 12 heavy (non-hydrogen) atoms. The molecule has 0 saturated heterocycles. The number of rotatable bonds is 3. The summed E-state index contributed by atoms with van der Waals surface area (Å²) in [6.45, 7) is 9.60. The van der Waals surface area contributed by atoms with Crippen molar-refractivity contribution in [3.05, 3.63) is 0 Å². The van der Waals surface area contributed by atoms with E-state index < -0.39 is 11.5 Å². The van der Waals surface area contributed by atoms with E-state index in [4.69, 9.17) is 0 Å². The highest BCUT2D eigenvalue weighted by molar-refractivity contribution is 5.57. The van der Waals surface area contributed by atoms with Crippen molar-refractivity contribution in [2.24, 2.45) is 10.8 Å². The van der Waals surface area contributed by atoms with Gasteiger partial charge >= 0.3 is 0 Å². The van der Waals surface area contributed by atoms with E-state index in [9.17, 15) is 9.90 Å².